The summed E-state index contributed by atoms with van der Waals surface area (Å²) in [4.78, 5) is 11.9. The van der Waals surface area contributed by atoms with Gasteiger partial charge >= 0.3 is 0 Å². The lowest BCUT2D eigenvalue weighted by molar-refractivity contribution is -0.119. The minimum Gasteiger partial charge on any atom is -0.326 e. The SMILES string of the molecule is O=C(Nc1ccc(CBr)cc1)C1CCS(=O)(=O)C1. The number of carbonyl (C=O) groups is 1. The first-order chi connectivity index (χ1) is 8.50. The average Bonchev–Trinajstić information content (AvgIpc) is 2.71. The molecule has 18 heavy (non-hydrogen) atoms. The molecule has 98 valence electrons. The molecule has 0 saturated carbocycles. The zero-order valence-corrected chi connectivity index (χ0v) is 12.1. The standard InChI is InChI=1S/C12H14BrNO3S/c13-7-9-1-3-11(4-2-9)14-12(15)10-5-6-18(16,17)8-10/h1-4,10H,5-8H2,(H,14,15). The number of hydrogen-bond acceptors (Lipinski definition) is 3. The molecule has 1 N–H and O–H groups in total. The molecule has 6 heteroatoms. The van der Waals surface area contributed by atoms with Crippen LogP contribution in [0.1, 0.15) is 12.0 Å². The third kappa shape index (κ3) is 3.32. The summed E-state index contributed by atoms with van der Waals surface area (Å²) in [7, 11) is -3.01. The first-order valence-electron chi connectivity index (χ1n) is 5.66. The van der Waals surface area contributed by atoms with Crippen LogP contribution in [0.15, 0.2) is 24.3 Å². The molecular weight excluding hydrogens is 318 g/mol. The number of anilines is 1. The van der Waals surface area contributed by atoms with Crippen LogP contribution in [-0.2, 0) is 20.0 Å². The molecule has 1 saturated heterocycles. The van der Waals surface area contributed by atoms with E-state index in [4.69, 9.17) is 0 Å². The molecule has 0 aromatic heterocycles. The van der Waals surface area contributed by atoms with Crippen molar-refractivity contribution in [3.8, 4) is 0 Å². The van der Waals surface area contributed by atoms with Crippen LogP contribution in [-0.4, -0.2) is 25.8 Å². The fourth-order valence-electron chi connectivity index (χ4n) is 1.92. The summed E-state index contributed by atoms with van der Waals surface area (Å²) in [6.45, 7) is 0. The van der Waals surface area contributed by atoms with Gasteiger partial charge in [-0.3, -0.25) is 4.79 Å². The smallest absolute Gasteiger partial charge is 0.228 e. The monoisotopic (exact) mass is 331 g/mol. The maximum Gasteiger partial charge on any atom is 0.228 e. The highest BCUT2D eigenvalue weighted by Crippen LogP contribution is 2.20. The third-order valence-corrected chi connectivity index (χ3v) is 5.39. The van der Waals surface area contributed by atoms with Crippen molar-refractivity contribution >= 4 is 37.4 Å². The second-order valence-corrected chi connectivity index (χ2v) is 7.21. The number of benzene rings is 1. The Balaban J connectivity index is 1.99. The lowest BCUT2D eigenvalue weighted by Gasteiger charge is -2.09. The Morgan fingerprint density at radius 3 is 2.50 bits per heavy atom. The Morgan fingerprint density at radius 2 is 2.00 bits per heavy atom. The minimum absolute atomic E-state index is 0.0294. The number of nitrogens with one attached hydrogen (secondary N) is 1. The molecule has 0 bridgehead atoms. The van der Waals surface area contributed by atoms with Crippen LogP contribution in [0.25, 0.3) is 0 Å². The van der Waals surface area contributed by atoms with Gasteiger partial charge in [0, 0.05) is 11.0 Å². The Kier molecular flexibility index (Phi) is 4.07. The number of carbonyl (C=O) groups excluding carboxylic acids is 1. The van der Waals surface area contributed by atoms with E-state index >= 15 is 0 Å². The van der Waals surface area contributed by atoms with Gasteiger partial charge in [0.1, 0.15) is 0 Å². The number of rotatable bonds is 3. The van der Waals surface area contributed by atoms with E-state index in [1.54, 1.807) is 0 Å². The number of amides is 1. The van der Waals surface area contributed by atoms with Gasteiger partial charge in [-0.2, -0.15) is 0 Å². The van der Waals surface area contributed by atoms with Gasteiger partial charge in [0.2, 0.25) is 5.91 Å². The predicted octanol–water partition coefficient (Wildman–Crippen LogP) is 1.95. The lowest BCUT2D eigenvalue weighted by atomic mass is 10.1. The van der Waals surface area contributed by atoms with Crippen LogP contribution >= 0.6 is 15.9 Å². The first-order valence-corrected chi connectivity index (χ1v) is 8.60. The lowest BCUT2D eigenvalue weighted by Crippen LogP contribution is -2.23. The second kappa shape index (κ2) is 5.40. The summed E-state index contributed by atoms with van der Waals surface area (Å²) in [5.74, 6) is -0.528. The summed E-state index contributed by atoms with van der Waals surface area (Å²) in [6.07, 6.45) is 0.424. The number of alkyl halides is 1. The quantitative estimate of drug-likeness (QED) is 0.861. The number of hydrogen-bond donors (Lipinski definition) is 1. The van der Waals surface area contributed by atoms with Crippen LogP contribution in [0.3, 0.4) is 0 Å². The van der Waals surface area contributed by atoms with Crippen molar-refractivity contribution in [2.75, 3.05) is 16.8 Å². The van der Waals surface area contributed by atoms with E-state index in [1.165, 1.54) is 0 Å². The zero-order valence-electron chi connectivity index (χ0n) is 9.73. The van der Waals surface area contributed by atoms with Crippen LogP contribution in [0.4, 0.5) is 5.69 Å². The summed E-state index contributed by atoms with van der Waals surface area (Å²) < 4.78 is 22.6. The van der Waals surface area contributed by atoms with E-state index in [9.17, 15) is 13.2 Å². The molecule has 1 atom stereocenters. The molecule has 2 rings (SSSR count). The van der Waals surface area contributed by atoms with Crippen molar-refractivity contribution < 1.29 is 13.2 Å². The number of sulfone groups is 1. The Labute approximate surface area is 115 Å². The Hall–Kier alpha value is -0.880. The van der Waals surface area contributed by atoms with Gasteiger partial charge in [-0.15, -0.1) is 0 Å². The molecule has 1 amide bonds. The molecule has 0 radical (unpaired) electrons. The largest absolute Gasteiger partial charge is 0.326 e. The van der Waals surface area contributed by atoms with Gasteiger partial charge in [-0.25, -0.2) is 8.42 Å². The Morgan fingerprint density at radius 1 is 1.33 bits per heavy atom. The van der Waals surface area contributed by atoms with E-state index in [0.29, 0.717) is 12.1 Å². The van der Waals surface area contributed by atoms with E-state index in [0.717, 1.165) is 10.9 Å². The van der Waals surface area contributed by atoms with Crippen molar-refractivity contribution in [3.05, 3.63) is 29.8 Å². The molecule has 1 aliphatic rings. The Bertz CT molecular complexity index is 539. The minimum atomic E-state index is -3.01. The molecule has 1 aromatic rings. The summed E-state index contributed by atoms with van der Waals surface area (Å²) >= 11 is 3.35. The second-order valence-electron chi connectivity index (χ2n) is 4.42. The third-order valence-electron chi connectivity index (χ3n) is 2.98. The zero-order chi connectivity index (χ0) is 13.2. The van der Waals surface area contributed by atoms with Crippen molar-refractivity contribution in [1.82, 2.24) is 0 Å². The van der Waals surface area contributed by atoms with Gasteiger partial charge in [-0.1, -0.05) is 28.1 Å². The fourth-order valence-corrected chi connectivity index (χ4v) is 4.04. The van der Waals surface area contributed by atoms with E-state index in [2.05, 4.69) is 21.2 Å². The topological polar surface area (TPSA) is 63.2 Å². The van der Waals surface area contributed by atoms with Crippen LogP contribution in [0.5, 0.6) is 0 Å². The van der Waals surface area contributed by atoms with Crippen molar-refractivity contribution in [3.63, 3.8) is 0 Å². The maximum atomic E-state index is 11.9. The van der Waals surface area contributed by atoms with Gasteiger partial charge in [0.25, 0.3) is 0 Å². The van der Waals surface area contributed by atoms with E-state index in [-0.39, 0.29) is 17.4 Å². The normalized spacial score (nSPS) is 21.7. The molecule has 1 fully saturated rings. The van der Waals surface area contributed by atoms with Crippen molar-refractivity contribution in [1.29, 1.82) is 0 Å². The average molecular weight is 332 g/mol. The molecule has 0 aliphatic carbocycles. The first kappa shape index (κ1) is 13.5. The predicted molar refractivity (Wildman–Crippen MR) is 74.5 cm³/mol. The molecule has 1 aliphatic heterocycles. The summed E-state index contributed by atoms with van der Waals surface area (Å²) in [6, 6.07) is 7.46. The highest BCUT2D eigenvalue weighted by molar-refractivity contribution is 9.08. The highest BCUT2D eigenvalue weighted by atomic mass is 79.9. The van der Waals surface area contributed by atoms with Gasteiger partial charge in [0.15, 0.2) is 9.84 Å². The maximum absolute atomic E-state index is 11.9. The summed E-state index contributed by atoms with van der Waals surface area (Å²) in [5.41, 5.74) is 1.82. The van der Waals surface area contributed by atoms with Gasteiger partial charge in [-0.05, 0) is 24.1 Å². The highest BCUT2D eigenvalue weighted by Gasteiger charge is 2.32. The van der Waals surface area contributed by atoms with Gasteiger partial charge in [0.05, 0.1) is 17.4 Å². The van der Waals surface area contributed by atoms with E-state index < -0.39 is 15.8 Å². The van der Waals surface area contributed by atoms with Crippen LogP contribution in [0.2, 0.25) is 0 Å². The molecule has 4 nitrogen and oxygen atoms in total. The molecule has 1 heterocycles. The summed E-state index contributed by atoms with van der Waals surface area (Å²) in [5, 5.41) is 3.52. The molecule has 1 unspecified atom stereocenters. The van der Waals surface area contributed by atoms with Crippen molar-refractivity contribution in [2.24, 2.45) is 5.92 Å². The molecular formula is C12H14BrNO3S. The fraction of sp³-hybridized carbons (Fsp3) is 0.417. The van der Waals surface area contributed by atoms with Crippen molar-refractivity contribution in [2.45, 2.75) is 11.8 Å². The molecule has 1 aromatic carbocycles. The van der Waals surface area contributed by atoms with Gasteiger partial charge < -0.3 is 5.32 Å². The number of halogens is 1. The van der Waals surface area contributed by atoms with Crippen LogP contribution in [0, 0.1) is 5.92 Å². The molecule has 0 spiro atoms. The van der Waals surface area contributed by atoms with Crippen LogP contribution < -0.4 is 5.32 Å². The van der Waals surface area contributed by atoms with E-state index in [1.807, 2.05) is 24.3 Å².